The van der Waals surface area contributed by atoms with Crippen molar-refractivity contribution >= 4 is 28.4 Å². The second-order valence-electron chi connectivity index (χ2n) is 8.42. The number of piperidine rings is 1. The van der Waals surface area contributed by atoms with Crippen LogP contribution in [0.5, 0.6) is 5.75 Å². The van der Waals surface area contributed by atoms with Gasteiger partial charge < -0.3 is 19.5 Å². The minimum Gasteiger partial charge on any atom is -0.497 e. The molecule has 2 amide bonds. The number of hydrogen-bond donors (Lipinski definition) is 1. The summed E-state index contributed by atoms with van der Waals surface area (Å²) in [7, 11) is 1.64. The summed E-state index contributed by atoms with van der Waals surface area (Å²) >= 11 is 0. The number of rotatable bonds is 6. The number of para-hydroxylation sites is 1. The van der Waals surface area contributed by atoms with Crippen molar-refractivity contribution in [3.63, 3.8) is 0 Å². The number of fused-ring (bicyclic) bond motifs is 1. The Morgan fingerprint density at radius 2 is 1.81 bits per heavy atom. The van der Waals surface area contributed by atoms with Crippen molar-refractivity contribution < 1.29 is 14.3 Å². The van der Waals surface area contributed by atoms with Gasteiger partial charge >= 0.3 is 0 Å². The monoisotopic (exact) mass is 433 g/mol. The molecule has 1 saturated heterocycles. The van der Waals surface area contributed by atoms with Gasteiger partial charge in [0.15, 0.2) is 0 Å². The van der Waals surface area contributed by atoms with Gasteiger partial charge in [0.1, 0.15) is 5.75 Å². The lowest BCUT2D eigenvalue weighted by atomic mass is 9.95. The number of carbonyl (C=O) groups is 2. The third-order valence-corrected chi connectivity index (χ3v) is 6.39. The predicted octanol–water partition coefficient (Wildman–Crippen LogP) is 4.86. The lowest BCUT2D eigenvalue weighted by Gasteiger charge is -2.31. The maximum absolute atomic E-state index is 13.6. The minimum atomic E-state index is -0.0816. The van der Waals surface area contributed by atoms with Gasteiger partial charge in [-0.05, 0) is 56.5 Å². The Hall–Kier alpha value is -3.28. The summed E-state index contributed by atoms with van der Waals surface area (Å²) in [5.41, 5.74) is 3.61. The van der Waals surface area contributed by atoms with E-state index in [1.54, 1.807) is 7.11 Å². The molecule has 0 atom stereocenters. The fourth-order valence-electron chi connectivity index (χ4n) is 4.64. The van der Waals surface area contributed by atoms with Crippen LogP contribution in [0.3, 0.4) is 0 Å². The number of amides is 2. The zero-order valence-electron chi connectivity index (χ0n) is 19.1. The minimum absolute atomic E-state index is 0.0313. The molecular weight excluding hydrogens is 402 g/mol. The summed E-state index contributed by atoms with van der Waals surface area (Å²) < 4.78 is 7.65. The molecule has 2 heterocycles. The molecule has 168 valence electrons. The van der Waals surface area contributed by atoms with E-state index in [1.165, 1.54) is 0 Å². The van der Waals surface area contributed by atoms with Gasteiger partial charge in [-0.2, -0.15) is 0 Å². The first-order valence-electron chi connectivity index (χ1n) is 11.4. The highest BCUT2D eigenvalue weighted by Crippen LogP contribution is 2.32. The number of carbonyl (C=O) groups excluding carboxylic acids is 2. The van der Waals surface area contributed by atoms with Crippen molar-refractivity contribution in [1.82, 2.24) is 9.47 Å². The zero-order valence-corrected chi connectivity index (χ0v) is 19.1. The second-order valence-corrected chi connectivity index (χ2v) is 8.42. The predicted molar refractivity (Wildman–Crippen MR) is 127 cm³/mol. The first-order chi connectivity index (χ1) is 15.5. The van der Waals surface area contributed by atoms with Crippen LogP contribution in [0.2, 0.25) is 0 Å². The van der Waals surface area contributed by atoms with Crippen LogP contribution in [0.4, 0.5) is 5.69 Å². The third-order valence-electron chi connectivity index (χ3n) is 6.39. The van der Waals surface area contributed by atoms with Gasteiger partial charge in [-0.3, -0.25) is 9.59 Å². The van der Waals surface area contributed by atoms with Gasteiger partial charge in [0.05, 0.1) is 12.7 Å². The molecule has 0 bridgehead atoms. The van der Waals surface area contributed by atoms with Gasteiger partial charge in [0.25, 0.3) is 5.91 Å². The highest BCUT2D eigenvalue weighted by atomic mass is 16.5. The Labute approximate surface area is 189 Å². The summed E-state index contributed by atoms with van der Waals surface area (Å²) in [6, 6.07) is 15.5. The fourth-order valence-corrected chi connectivity index (χ4v) is 4.64. The van der Waals surface area contributed by atoms with Gasteiger partial charge in [-0.15, -0.1) is 0 Å². The molecule has 2 aromatic carbocycles. The Morgan fingerprint density at radius 1 is 1.09 bits per heavy atom. The van der Waals surface area contributed by atoms with E-state index in [4.69, 9.17) is 4.74 Å². The number of nitrogens with zero attached hydrogens (tertiary/aromatic N) is 2. The number of methoxy groups -OCH3 is 1. The molecule has 1 fully saturated rings. The summed E-state index contributed by atoms with van der Waals surface area (Å²) in [5, 5.41) is 3.93. The molecule has 6 heteroatoms. The van der Waals surface area contributed by atoms with Crippen molar-refractivity contribution in [2.24, 2.45) is 5.92 Å². The lowest BCUT2D eigenvalue weighted by Crippen LogP contribution is -2.41. The van der Waals surface area contributed by atoms with Crippen LogP contribution in [-0.4, -0.2) is 41.5 Å². The Bertz CT molecular complexity index is 1110. The van der Waals surface area contributed by atoms with Crippen LogP contribution in [0.25, 0.3) is 10.9 Å². The van der Waals surface area contributed by atoms with E-state index < -0.39 is 0 Å². The molecule has 0 unspecified atom stereocenters. The molecule has 0 saturated carbocycles. The Morgan fingerprint density at radius 3 is 2.47 bits per heavy atom. The number of hydrogen-bond acceptors (Lipinski definition) is 3. The van der Waals surface area contributed by atoms with E-state index >= 15 is 0 Å². The first kappa shape index (κ1) is 21.9. The van der Waals surface area contributed by atoms with Gasteiger partial charge in [0, 0.05) is 47.8 Å². The number of likely N-dealkylation sites (tertiary alicyclic amines) is 1. The average molecular weight is 434 g/mol. The molecule has 4 rings (SSSR count). The van der Waals surface area contributed by atoms with Gasteiger partial charge in [-0.25, -0.2) is 0 Å². The number of benzene rings is 2. The SMILES string of the molecule is CCCn1c(C)c(C(=O)N2CCC(C(=O)Nc3ccccc3)CC2)c2cc(OC)ccc21. The van der Waals surface area contributed by atoms with Crippen LogP contribution in [0, 0.1) is 12.8 Å². The summed E-state index contributed by atoms with van der Waals surface area (Å²) in [6.07, 6.45) is 2.33. The van der Waals surface area contributed by atoms with Crippen molar-refractivity contribution in [2.75, 3.05) is 25.5 Å². The zero-order chi connectivity index (χ0) is 22.7. The molecule has 0 aliphatic carbocycles. The second kappa shape index (κ2) is 9.47. The van der Waals surface area contributed by atoms with Crippen LogP contribution >= 0.6 is 0 Å². The van der Waals surface area contributed by atoms with Gasteiger partial charge in [-0.1, -0.05) is 25.1 Å². The highest BCUT2D eigenvalue weighted by Gasteiger charge is 2.30. The van der Waals surface area contributed by atoms with Crippen molar-refractivity contribution in [1.29, 1.82) is 0 Å². The Balaban J connectivity index is 1.52. The van der Waals surface area contributed by atoms with Crippen LogP contribution < -0.4 is 10.1 Å². The number of aryl methyl sites for hydroxylation is 1. The smallest absolute Gasteiger partial charge is 0.256 e. The molecular formula is C26H31N3O3. The Kier molecular flexibility index (Phi) is 6.49. The molecule has 1 aliphatic heterocycles. The lowest BCUT2D eigenvalue weighted by molar-refractivity contribution is -0.121. The molecule has 1 aromatic heterocycles. The van der Waals surface area contributed by atoms with E-state index in [9.17, 15) is 9.59 Å². The summed E-state index contributed by atoms with van der Waals surface area (Å²) in [5.74, 6) is 0.736. The molecule has 0 radical (unpaired) electrons. The largest absolute Gasteiger partial charge is 0.497 e. The van der Waals surface area contributed by atoms with Crippen LogP contribution in [0.1, 0.15) is 42.2 Å². The molecule has 32 heavy (non-hydrogen) atoms. The summed E-state index contributed by atoms with van der Waals surface area (Å²) in [4.78, 5) is 28.1. The number of aromatic nitrogens is 1. The van der Waals surface area contributed by atoms with Crippen LogP contribution in [-0.2, 0) is 11.3 Å². The van der Waals surface area contributed by atoms with E-state index in [0.717, 1.165) is 46.6 Å². The maximum atomic E-state index is 13.6. The van der Waals surface area contributed by atoms with Gasteiger partial charge in [0.2, 0.25) is 5.91 Å². The molecule has 1 aliphatic rings. The number of nitrogens with one attached hydrogen (secondary N) is 1. The number of anilines is 1. The normalized spacial score (nSPS) is 14.5. The van der Waals surface area contributed by atoms with Crippen molar-refractivity contribution in [3.05, 3.63) is 59.8 Å². The molecule has 0 spiro atoms. The van der Waals surface area contributed by atoms with E-state index in [1.807, 2.05) is 60.4 Å². The maximum Gasteiger partial charge on any atom is 0.256 e. The third kappa shape index (κ3) is 4.22. The van der Waals surface area contributed by atoms with Crippen molar-refractivity contribution in [2.45, 2.75) is 39.7 Å². The first-order valence-corrected chi connectivity index (χ1v) is 11.4. The van der Waals surface area contributed by atoms with E-state index in [0.29, 0.717) is 25.9 Å². The standard InChI is InChI=1S/C26H31N3O3/c1-4-14-29-18(2)24(22-17-21(32-3)10-11-23(22)29)26(31)28-15-12-19(13-16-28)25(30)27-20-8-6-5-7-9-20/h5-11,17,19H,4,12-16H2,1-3H3,(H,27,30). The van der Waals surface area contributed by atoms with E-state index in [2.05, 4.69) is 16.8 Å². The number of ether oxygens (including phenoxy) is 1. The van der Waals surface area contributed by atoms with Crippen LogP contribution in [0.15, 0.2) is 48.5 Å². The quantitative estimate of drug-likeness (QED) is 0.604. The highest BCUT2D eigenvalue weighted by molar-refractivity contribution is 6.09. The summed E-state index contributed by atoms with van der Waals surface area (Å²) in [6.45, 7) is 6.19. The topological polar surface area (TPSA) is 63.6 Å². The van der Waals surface area contributed by atoms with Crippen molar-refractivity contribution in [3.8, 4) is 5.75 Å². The molecule has 1 N–H and O–H groups in total. The molecule has 6 nitrogen and oxygen atoms in total. The fraction of sp³-hybridized carbons (Fsp3) is 0.385. The average Bonchev–Trinajstić information content (AvgIpc) is 3.10. The molecule has 3 aromatic rings. The van der Waals surface area contributed by atoms with E-state index in [-0.39, 0.29) is 17.7 Å².